The number of carboxylic acid groups (broad SMARTS) is 1. The lowest BCUT2D eigenvalue weighted by Crippen LogP contribution is -2.64. The minimum Gasteiger partial charge on any atom is -0.479 e. The number of carbonyl (C=O) groups is 2. The third kappa shape index (κ3) is 4.73. The van der Waals surface area contributed by atoms with Crippen molar-refractivity contribution in [2.45, 2.75) is 31.2 Å². The monoisotopic (exact) mass is 331 g/mol. The van der Waals surface area contributed by atoms with Crippen LogP contribution in [0.1, 0.15) is 18.4 Å². The zero-order valence-corrected chi connectivity index (χ0v) is 12.1. The number of aliphatic carboxylic acids is 1. The lowest BCUT2D eigenvalue weighted by Gasteiger charge is -2.31. The number of allylic oxidation sites excluding steroid dienone is 1. The Labute approximate surface area is 130 Å². The fraction of sp³-hybridized carbons (Fsp3) is 0.333. The number of ether oxygens (including phenoxy) is 1. The summed E-state index contributed by atoms with van der Waals surface area (Å²) in [4.78, 5) is 22.8. The lowest BCUT2D eigenvalue weighted by molar-refractivity contribution is -0.209. The van der Waals surface area contributed by atoms with Crippen LogP contribution in [-0.2, 0) is 16.1 Å². The third-order valence-electron chi connectivity index (χ3n) is 3.10. The lowest BCUT2D eigenvalue weighted by atomic mass is 9.92. The largest absolute Gasteiger partial charge is 0.479 e. The van der Waals surface area contributed by atoms with E-state index in [0.29, 0.717) is 5.56 Å². The van der Waals surface area contributed by atoms with E-state index in [1.807, 2.05) is 0 Å². The van der Waals surface area contributed by atoms with E-state index in [2.05, 4.69) is 11.3 Å². The highest BCUT2D eigenvalue weighted by molar-refractivity contribution is 5.85. The number of carbonyl (C=O) groups excluding carboxylic acids is 1. The minimum atomic E-state index is -5.19. The molecule has 1 amide bonds. The SMILES string of the molecule is C=CCCC(NC(=O)OCc1ccccc1)(C(=O)O)C(F)(F)F. The second-order valence-corrected chi connectivity index (χ2v) is 4.72. The van der Waals surface area contributed by atoms with Crippen molar-refractivity contribution < 1.29 is 32.6 Å². The van der Waals surface area contributed by atoms with Crippen LogP contribution in [0.15, 0.2) is 43.0 Å². The van der Waals surface area contributed by atoms with Crippen LogP contribution < -0.4 is 5.32 Å². The summed E-state index contributed by atoms with van der Waals surface area (Å²) in [6, 6.07) is 8.27. The maximum Gasteiger partial charge on any atom is 0.422 e. The Hall–Kier alpha value is -2.51. The van der Waals surface area contributed by atoms with Gasteiger partial charge < -0.3 is 9.84 Å². The van der Waals surface area contributed by atoms with Crippen LogP contribution in [0, 0.1) is 0 Å². The summed E-state index contributed by atoms with van der Waals surface area (Å²) >= 11 is 0. The van der Waals surface area contributed by atoms with E-state index in [4.69, 9.17) is 5.11 Å². The van der Waals surface area contributed by atoms with Crippen molar-refractivity contribution in [1.29, 1.82) is 0 Å². The van der Waals surface area contributed by atoms with Gasteiger partial charge >= 0.3 is 18.2 Å². The molecule has 1 unspecified atom stereocenters. The molecule has 0 aliphatic carbocycles. The van der Waals surface area contributed by atoms with E-state index in [0.717, 1.165) is 6.08 Å². The molecule has 0 fully saturated rings. The first-order chi connectivity index (χ1) is 10.7. The van der Waals surface area contributed by atoms with Crippen LogP contribution in [0.2, 0.25) is 0 Å². The van der Waals surface area contributed by atoms with E-state index in [-0.39, 0.29) is 13.0 Å². The van der Waals surface area contributed by atoms with Gasteiger partial charge in [0.25, 0.3) is 0 Å². The number of benzene rings is 1. The number of rotatable bonds is 7. The molecule has 0 saturated carbocycles. The molecule has 0 aliphatic rings. The highest BCUT2D eigenvalue weighted by Crippen LogP contribution is 2.35. The van der Waals surface area contributed by atoms with E-state index in [1.165, 1.54) is 5.32 Å². The fourth-order valence-corrected chi connectivity index (χ4v) is 1.81. The number of alkyl halides is 3. The van der Waals surface area contributed by atoms with Crippen molar-refractivity contribution >= 4 is 12.1 Å². The molecule has 0 heterocycles. The van der Waals surface area contributed by atoms with Crippen LogP contribution >= 0.6 is 0 Å². The van der Waals surface area contributed by atoms with Gasteiger partial charge in [0.1, 0.15) is 6.61 Å². The molecule has 126 valence electrons. The maximum atomic E-state index is 13.2. The summed E-state index contributed by atoms with van der Waals surface area (Å²) in [5, 5.41) is 10.4. The van der Waals surface area contributed by atoms with Gasteiger partial charge in [-0.15, -0.1) is 6.58 Å². The zero-order valence-electron chi connectivity index (χ0n) is 12.1. The molecular formula is C15H16F3NO4. The Balaban J connectivity index is 2.85. The quantitative estimate of drug-likeness (QED) is 0.752. The van der Waals surface area contributed by atoms with Crippen molar-refractivity contribution in [3.63, 3.8) is 0 Å². The number of halogens is 3. The summed E-state index contributed by atoms with van der Waals surface area (Å²) in [6.45, 7) is 2.98. The first kappa shape index (κ1) is 18.5. The van der Waals surface area contributed by atoms with Crippen molar-refractivity contribution in [2.75, 3.05) is 0 Å². The molecular weight excluding hydrogens is 315 g/mol. The first-order valence-electron chi connectivity index (χ1n) is 6.63. The van der Waals surface area contributed by atoms with Gasteiger partial charge in [0.15, 0.2) is 0 Å². The Morgan fingerprint density at radius 3 is 2.35 bits per heavy atom. The molecule has 0 aromatic heterocycles. The number of alkyl carbamates (subject to hydrolysis) is 1. The summed E-state index contributed by atoms with van der Waals surface area (Å²) in [6.07, 6.45) is -6.63. The smallest absolute Gasteiger partial charge is 0.422 e. The number of carboxylic acids is 1. The molecule has 0 saturated heterocycles. The third-order valence-corrected chi connectivity index (χ3v) is 3.10. The summed E-state index contributed by atoms with van der Waals surface area (Å²) in [5.41, 5.74) is -2.86. The predicted octanol–water partition coefficient (Wildman–Crippen LogP) is 3.26. The minimum absolute atomic E-state index is 0.245. The van der Waals surface area contributed by atoms with Gasteiger partial charge in [-0.3, -0.25) is 5.32 Å². The molecule has 0 spiro atoms. The van der Waals surface area contributed by atoms with E-state index >= 15 is 0 Å². The second-order valence-electron chi connectivity index (χ2n) is 4.72. The normalized spacial score (nSPS) is 13.7. The molecule has 1 aromatic rings. The molecule has 0 aliphatic heterocycles. The van der Waals surface area contributed by atoms with Gasteiger partial charge in [-0.2, -0.15) is 13.2 Å². The Morgan fingerprint density at radius 2 is 1.87 bits per heavy atom. The van der Waals surface area contributed by atoms with Gasteiger partial charge in [0, 0.05) is 0 Å². The Bertz CT molecular complexity index is 560. The predicted molar refractivity (Wildman–Crippen MR) is 75.6 cm³/mol. The Kier molecular flexibility index (Phi) is 6.18. The van der Waals surface area contributed by atoms with Crippen LogP contribution in [0.5, 0.6) is 0 Å². The van der Waals surface area contributed by atoms with Gasteiger partial charge in [-0.25, -0.2) is 9.59 Å². The van der Waals surface area contributed by atoms with Crippen molar-refractivity contribution in [3.05, 3.63) is 48.6 Å². The van der Waals surface area contributed by atoms with Crippen LogP contribution in [0.4, 0.5) is 18.0 Å². The fourth-order valence-electron chi connectivity index (χ4n) is 1.81. The van der Waals surface area contributed by atoms with Crippen molar-refractivity contribution in [1.82, 2.24) is 5.32 Å². The molecule has 2 N–H and O–H groups in total. The molecule has 8 heteroatoms. The maximum absolute atomic E-state index is 13.2. The molecule has 5 nitrogen and oxygen atoms in total. The highest BCUT2D eigenvalue weighted by Gasteiger charge is 2.61. The van der Waals surface area contributed by atoms with Crippen LogP contribution in [0.3, 0.4) is 0 Å². The van der Waals surface area contributed by atoms with Crippen LogP contribution in [-0.4, -0.2) is 28.9 Å². The average molecular weight is 331 g/mol. The van der Waals surface area contributed by atoms with E-state index in [9.17, 15) is 22.8 Å². The van der Waals surface area contributed by atoms with Crippen molar-refractivity contribution in [3.8, 4) is 0 Å². The van der Waals surface area contributed by atoms with E-state index in [1.54, 1.807) is 30.3 Å². The van der Waals surface area contributed by atoms with Crippen LogP contribution in [0.25, 0.3) is 0 Å². The zero-order chi connectivity index (χ0) is 17.5. The topological polar surface area (TPSA) is 75.6 Å². The standard InChI is InChI=1S/C15H16F3NO4/c1-2-3-9-14(12(20)21,15(16,17)18)19-13(22)23-10-11-7-5-4-6-8-11/h2,4-8H,1,3,9-10H2,(H,19,22)(H,20,21). The molecule has 23 heavy (non-hydrogen) atoms. The van der Waals surface area contributed by atoms with Gasteiger partial charge in [0.2, 0.25) is 5.54 Å². The first-order valence-corrected chi connectivity index (χ1v) is 6.63. The number of amides is 1. The molecule has 1 rings (SSSR count). The second kappa shape index (κ2) is 7.66. The summed E-state index contributed by atoms with van der Waals surface area (Å²) < 4.78 is 44.2. The summed E-state index contributed by atoms with van der Waals surface area (Å²) in [5.74, 6) is -2.21. The van der Waals surface area contributed by atoms with Crippen molar-refractivity contribution in [2.24, 2.45) is 0 Å². The Morgan fingerprint density at radius 1 is 1.26 bits per heavy atom. The van der Waals surface area contributed by atoms with Gasteiger partial charge in [-0.1, -0.05) is 36.4 Å². The molecule has 0 bridgehead atoms. The summed E-state index contributed by atoms with van der Waals surface area (Å²) in [7, 11) is 0. The molecule has 1 aromatic carbocycles. The van der Waals surface area contributed by atoms with Gasteiger partial charge in [0.05, 0.1) is 0 Å². The van der Waals surface area contributed by atoms with Gasteiger partial charge in [-0.05, 0) is 18.4 Å². The molecule has 0 radical (unpaired) electrons. The number of hydrogen-bond donors (Lipinski definition) is 2. The average Bonchev–Trinajstić information content (AvgIpc) is 2.49. The number of hydrogen-bond acceptors (Lipinski definition) is 3. The van der Waals surface area contributed by atoms with E-state index < -0.39 is 30.2 Å². The highest BCUT2D eigenvalue weighted by atomic mass is 19.4. The molecule has 1 atom stereocenters. The number of nitrogens with one attached hydrogen (secondary N) is 1.